The topological polar surface area (TPSA) is 84.9 Å². The summed E-state index contributed by atoms with van der Waals surface area (Å²) < 4.78 is 39.8. The monoisotopic (exact) mass is 554 g/mol. The van der Waals surface area contributed by atoms with Gasteiger partial charge in [0.15, 0.2) is 6.10 Å². The predicted molar refractivity (Wildman–Crippen MR) is 148 cm³/mol. The maximum atomic E-state index is 13.7. The molecule has 0 saturated heterocycles. The van der Waals surface area contributed by atoms with Gasteiger partial charge in [-0.3, -0.25) is 9.10 Å². The molecular weight excluding hydrogens is 524 g/mol. The quantitative estimate of drug-likeness (QED) is 0.420. The molecule has 5 rings (SSSR count). The Bertz CT molecular complexity index is 1440. The summed E-state index contributed by atoms with van der Waals surface area (Å²) in [6.45, 7) is 1.83. The van der Waals surface area contributed by atoms with E-state index < -0.39 is 16.1 Å². The Balaban J connectivity index is 1.42. The normalized spacial score (nSPS) is 17.6. The maximum Gasteiger partial charge on any atom is 0.264 e. The van der Waals surface area contributed by atoms with Crippen LogP contribution < -0.4 is 19.1 Å². The number of anilines is 1. The zero-order valence-corrected chi connectivity index (χ0v) is 23.0. The van der Waals surface area contributed by atoms with Gasteiger partial charge in [-0.05, 0) is 91.3 Å². The number of amides is 1. The van der Waals surface area contributed by atoms with Crippen LogP contribution in [0.25, 0.3) is 0 Å². The molecule has 200 valence electrons. The van der Waals surface area contributed by atoms with Gasteiger partial charge >= 0.3 is 0 Å². The number of hydrogen-bond acceptors (Lipinski definition) is 5. The molecule has 3 aromatic rings. The number of benzene rings is 3. The number of nitrogens with one attached hydrogen (secondary N) is 1. The average molecular weight is 555 g/mol. The summed E-state index contributed by atoms with van der Waals surface area (Å²) in [7, 11) is -2.51. The molecule has 38 heavy (non-hydrogen) atoms. The van der Waals surface area contributed by atoms with E-state index in [1.54, 1.807) is 24.3 Å². The summed E-state index contributed by atoms with van der Waals surface area (Å²) in [4.78, 5) is 13.6. The number of fused-ring (bicyclic) bond motifs is 2. The summed E-state index contributed by atoms with van der Waals surface area (Å²) in [6, 6.07) is 17.1. The SMILES string of the molecule is CC[C@@H](NC(=O)[C@H]1CN(S(=O)(=O)c2ccc(OC)cc2)c2cc(Cl)ccc2O1)c1ccc2c(c1)CCCC2. The highest BCUT2D eigenvalue weighted by molar-refractivity contribution is 7.92. The van der Waals surface area contributed by atoms with Crippen molar-refractivity contribution in [3.05, 3.63) is 82.4 Å². The minimum atomic E-state index is -4.02. The van der Waals surface area contributed by atoms with Gasteiger partial charge in [-0.2, -0.15) is 0 Å². The lowest BCUT2D eigenvalue weighted by Crippen LogP contribution is -2.51. The highest BCUT2D eigenvalue weighted by Crippen LogP contribution is 2.39. The van der Waals surface area contributed by atoms with E-state index in [2.05, 4.69) is 23.5 Å². The molecule has 2 atom stereocenters. The molecule has 1 aliphatic carbocycles. The van der Waals surface area contributed by atoms with Gasteiger partial charge in [-0.25, -0.2) is 8.42 Å². The van der Waals surface area contributed by atoms with Crippen LogP contribution in [-0.4, -0.2) is 34.1 Å². The van der Waals surface area contributed by atoms with Crippen molar-refractivity contribution in [3.8, 4) is 11.5 Å². The number of rotatable bonds is 7. The lowest BCUT2D eigenvalue weighted by molar-refractivity contribution is -0.128. The third-order valence-corrected chi connectivity index (χ3v) is 9.26. The number of methoxy groups -OCH3 is 1. The molecule has 1 heterocycles. The van der Waals surface area contributed by atoms with E-state index in [9.17, 15) is 13.2 Å². The molecule has 0 spiro atoms. The summed E-state index contributed by atoms with van der Waals surface area (Å²) in [5, 5.41) is 3.47. The zero-order chi connectivity index (χ0) is 26.9. The molecule has 0 saturated carbocycles. The van der Waals surface area contributed by atoms with Crippen LogP contribution in [0.15, 0.2) is 65.6 Å². The first-order valence-corrected chi connectivity index (χ1v) is 14.7. The van der Waals surface area contributed by atoms with E-state index in [0.717, 1.165) is 18.4 Å². The molecule has 9 heteroatoms. The lowest BCUT2D eigenvalue weighted by atomic mass is 9.88. The van der Waals surface area contributed by atoms with Crippen LogP contribution in [0.5, 0.6) is 11.5 Å². The van der Waals surface area contributed by atoms with Crippen molar-refractivity contribution in [1.29, 1.82) is 0 Å². The van der Waals surface area contributed by atoms with Crippen LogP contribution in [-0.2, 0) is 27.7 Å². The largest absolute Gasteiger partial charge is 0.497 e. The zero-order valence-electron chi connectivity index (χ0n) is 21.4. The van der Waals surface area contributed by atoms with Crippen molar-refractivity contribution in [2.75, 3.05) is 18.0 Å². The molecule has 3 aromatic carbocycles. The molecule has 0 unspecified atom stereocenters. The highest BCUT2D eigenvalue weighted by Gasteiger charge is 2.38. The number of halogens is 1. The van der Waals surface area contributed by atoms with Crippen LogP contribution in [0.3, 0.4) is 0 Å². The third kappa shape index (κ3) is 5.20. The van der Waals surface area contributed by atoms with Crippen molar-refractivity contribution in [2.24, 2.45) is 0 Å². The molecule has 1 amide bonds. The molecule has 2 aliphatic rings. The van der Waals surface area contributed by atoms with Gasteiger partial charge in [-0.15, -0.1) is 0 Å². The molecular formula is C29H31ClN2O5S. The second-order valence-corrected chi connectivity index (χ2v) is 11.9. The van der Waals surface area contributed by atoms with E-state index in [4.69, 9.17) is 21.1 Å². The highest BCUT2D eigenvalue weighted by atomic mass is 35.5. The Morgan fingerprint density at radius 1 is 1.08 bits per heavy atom. The number of ether oxygens (including phenoxy) is 2. The lowest BCUT2D eigenvalue weighted by Gasteiger charge is -2.35. The number of aryl methyl sites for hydroxylation is 2. The Morgan fingerprint density at radius 2 is 1.82 bits per heavy atom. The minimum absolute atomic E-state index is 0.0748. The molecule has 0 fully saturated rings. The average Bonchev–Trinajstić information content (AvgIpc) is 2.94. The molecule has 0 radical (unpaired) electrons. The number of hydrogen-bond donors (Lipinski definition) is 1. The van der Waals surface area contributed by atoms with Crippen molar-refractivity contribution < 1.29 is 22.7 Å². The molecule has 7 nitrogen and oxygen atoms in total. The van der Waals surface area contributed by atoms with Gasteiger partial charge in [0.1, 0.15) is 11.5 Å². The second-order valence-electron chi connectivity index (χ2n) is 9.63. The van der Waals surface area contributed by atoms with Gasteiger partial charge in [0.25, 0.3) is 15.9 Å². The maximum absolute atomic E-state index is 13.7. The van der Waals surface area contributed by atoms with Crippen molar-refractivity contribution in [3.63, 3.8) is 0 Å². The number of carbonyl (C=O) groups is 1. The van der Waals surface area contributed by atoms with E-state index in [1.807, 2.05) is 6.92 Å². The molecule has 1 N–H and O–H groups in total. The van der Waals surface area contributed by atoms with Crippen molar-refractivity contribution in [2.45, 2.75) is 56.1 Å². The first-order chi connectivity index (χ1) is 18.3. The van der Waals surface area contributed by atoms with Crippen molar-refractivity contribution in [1.82, 2.24) is 5.32 Å². The minimum Gasteiger partial charge on any atom is -0.497 e. The first kappa shape index (κ1) is 26.4. The Labute approximate surface area is 228 Å². The predicted octanol–water partition coefficient (Wildman–Crippen LogP) is 5.45. The summed E-state index contributed by atoms with van der Waals surface area (Å²) in [6.07, 6.45) is 4.19. The van der Waals surface area contributed by atoms with Crippen LogP contribution >= 0.6 is 11.6 Å². The Hall–Kier alpha value is -3.23. The van der Waals surface area contributed by atoms with Gasteiger partial charge in [0.2, 0.25) is 0 Å². The van der Waals surface area contributed by atoms with Crippen LogP contribution in [0.1, 0.15) is 48.9 Å². The molecule has 1 aliphatic heterocycles. The molecule has 0 aromatic heterocycles. The number of nitrogens with zero attached hydrogens (tertiary/aromatic N) is 1. The van der Waals surface area contributed by atoms with Crippen LogP contribution in [0, 0.1) is 0 Å². The van der Waals surface area contributed by atoms with Gasteiger partial charge in [0.05, 0.1) is 30.3 Å². The smallest absolute Gasteiger partial charge is 0.264 e. The summed E-state index contributed by atoms with van der Waals surface area (Å²) >= 11 is 6.21. The number of sulfonamides is 1. The fourth-order valence-electron chi connectivity index (χ4n) is 5.12. The van der Waals surface area contributed by atoms with Gasteiger partial charge in [-0.1, -0.05) is 36.7 Å². The standard InChI is InChI=1S/C29H31ClN2O5S/c1-3-25(21-9-8-19-6-4-5-7-20(19)16-21)31-29(33)28-18-32(26-17-22(30)10-15-27(26)37-28)38(34,35)24-13-11-23(36-2)12-14-24/h8-17,25,28H,3-7,18H2,1-2H3,(H,31,33)/t25-,28-/m1/s1. The molecule has 0 bridgehead atoms. The van der Waals surface area contributed by atoms with E-state index >= 15 is 0 Å². The van der Waals surface area contributed by atoms with E-state index in [1.165, 1.54) is 53.6 Å². The van der Waals surface area contributed by atoms with E-state index in [-0.39, 0.29) is 29.1 Å². The van der Waals surface area contributed by atoms with Gasteiger partial charge < -0.3 is 14.8 Å². The Morgan fingerprint density at radius 3 is 2.53 bits per heavy atom. The third-order valence-electron chi connectivity index (χ3n) is 7.23. The van der Waals surface area contributed by atoms with Gasteiger partial charge in [0, 0.05) is 5.02 Å². The fourth-order valence-corrected chi connectivity index (χ4v) is 6.75. The van der Waals surface area contributed by atoms with E-state index in [0.29, 0.717) is 22.9 Å². The summed E-state index contributed by atoms with van der Waals surface area (Å²) in [5.41, 5.74) is 4.07. The van der Waals surface area contributed by atoms with Crippen LogP contribution in [0.2, 0.25) is 5.02 Å². The van der Waals surface area contributed by atoms with Crippen LogP contribution in [0.4, 0.5) is 5.69 Å². The fraction of sp³-hybridized carbons (Fsp3) is 0.345. The second kappa shape index (κ2) is 10.9. The van der Waals surface area contributed by atoms with Crippen molar-refractivity contribution >= 4 is 33.2 Å². The Kier molecular flexibility index (Phi) is 7.54. The summed E-state index contributed by atoms with van der Waals surface area (Å²) in [5.74, 6) is 0.448. The first-order valence-electron chi connectivity index (χ1n) is 12.8. The number of carbonyl (C=O) groups excluding carboxylic acids is 1.